The van der Waals surface area contributed by atoms with E-state index in [-0.39, 0.29) is 6.54 Å². The van der Waals surface area contributed by atoms with Crippen molar-refractivity contribution in [2.45, 2.75) is 10.8 Å². The van der Waals surface area contributed by atoms with Crippen LogP contribution in [0.4, 0.5) is 0 Å². The van der Waals surface area contributed by atoms with Crippen molar-refractivity contribution in [3.05, 3.63) is 63.9 Å². The highest BCUT2D eigenvalue weighted by Crippen LogP contribution is 2.27. The Morgan fingerprint density at radius 2 is 1.81 bits per heavy atom. The highest BCUT2D eigenvalue weighted by atomic mass is 79.9. The Morgan fingerprint density at radius 1 is 1.05 bits per heavy atom. The van der Waals surface area contributed by atoms with E-state index in [0.717, 1.165) is 16.3 Å². The summed E-state index contributed by atoms with van der Waals surface area (Å²) in [5.41, 5.74) is 0.962. The van der Waals surface area contributed by atoms with E-state index in [1.54, 1.807) is 11.4 Å². The van der Waals surface area contributed by atoms with Crippen LogP contribution in [0.5, 0.6) is 0 Å². The Hall–Kier alpha value is -1.21. The number of hydrogen-bond acceptors (Lipinski definition) is 3. The first kappa shape index (κ1) is 14.7. The molecule has 1 aromatic heterocycles. The summed E-state index contributed by atoms with van der Waals surface area (Å²) >= 11 is 4.46. The zero-order valence-corrected chi connectivity index (χ0v) is 14.1. The molecule has 0 fully saturated rings. The standard InChI is InChI=1S/C15H12BrNO2S2/c16-14-8-9-20-15(14)21(18,19)17-10-12-6-3-5-11-4-1-2-7-13(11)12/h1-9,17H,10H2. The lowest BCUT2D eigenvalue weighted by Crippen LogP contribution is -2.22. The van der Waals surface area contributed by atoms with Gasteiger partial charge in [-0.2, -0.15) is 0 Å². The van der Waals surface area contributed by atoms with Gasteiger partial charge in [0.15, 0.2) is 0 Å². The molecular formula is C15H12BrNO2S2. The average molecular weight is 382 g/mol. The van der Waals surface area contributed by atoms with E-state index in [2.05, 4.69) is 20.7 Å². The smallest absolute Gasteiger partial charge is 0.206 e. The predicted octanol–water partition coefficient (Wildman–Crippen LogP) is 4.14. The minimum atomic E-state index is -3.49. The average Bonchev–Trinajstić information content (AvgIpc) is 2.92. The zero-order valence-electron chi connectivity index (χ0n) is 10.9. The largest absolute Gasteiger partial charge is 0.251 e. The molecule has 0 spiro atoms. The second-order valence-electron chi connectivity index (χ2n) is 4.52. The molecule has 0 radical (unpaired) electrons. The Kier molecular flexibility index (Phi) is 4.12. The van der Waals surface area contributed by atoms with Gasteiger partial charge in [-0.1, -0.05) is 42.5 Å². The van der Waals surface area contributed by atoms with Crippen molar-refractivity contribution >= 4 is 48.1 Å². The molecule has 1 heterocycles. The van der Waals surface area contributed by atoms with Crippen molar-refractivity contribution in [2.24, 2.45) is 0 Å². The van der Waals surface area contributed by atoms with Crippen LogP contribution < -0.4 is 4.72 Å². The maximum atomic E-state index is 12.3. The van der Waals surface area contributed by atoms with E-state index in [0.29, 0.717) is 8.68 Å². The van der Waals surface area contributed by atoms with Crippen LogP contribution in [0.3, 0.4) is 0 Å². The van der Waals surface area contributed by atoms with Gasteiger partial charge >= 0.3 is 0 Å². The number of nitrogens with one attached hydrogen (secondary N) is 1. The summed E-state index contributed by atoms with van der Waals surface area (Å²) in [4.78, 5) is 0. The summed E-state index contributed by atoms with van der Waals surface area (Å²) in [5, 5.41) is 3.91. The molecule has 2 aromatic carbocycles. The first-order valence-corrected chi connectivity index (χ1v) is 9.43. The van der Waals surface area contributed by atoms with Gasteiger partial charge in [0.2, 0.25) is 0 Å². The summed E-state index contributed by atoms with van der Waals surface area (Å²) in [6.45, 7) is 0.272. The van der Waals surface area contributed by atoms with E-state index < -0.39 is 10.0 Å². The van der Waals surface area contributed by atoms with Crippen LogP contribution in [0.25, 0.3) is 10.8 Å². The first-order valence-electron chi connectivity index (χ1n) is 6.27. The van der Waals surface area contributed by atoms with E-state index in [1.165, 1.54) is 11.3 Å². The molecule has 0 atom stereocenters. The molecule has 0 aliphatic heterocycles. The summed E-state index contributed by atoms with van der Waals surface area (Å²) in [6, 6.07) is 15.6. The van der Waals surface area contributed by atoms with Crippen molar-refractivity contribution in [1.29, 1.82) is 0 Å². The zero-order chi connectivity index (χ0) is 14.9. The third-order valence-electron chi connectivity index (χ3n) is 3.16. The molecule has 0 aliphatic carbocycles. The van der Waals surface area contributed by atoms with Crippen molar-refractivity contribution in [1.82, 2.24) is 4.72 Å². The highest BCUT2D eigenvalue weighted by Gasteiger charge is 2.18. The van der Waals surface area contributed by atoms with E-state index in [9.17, 15) is 8.42 Å². The van der Waals surface area contributed by atoms with Gasteiger partial charge in [-0.05, 0) is 43.7 Å². The SMILES string of the molecule is O=S(=O)(NCc1cccc2ccccc12)c1sccc1Br. The van der Waals surface area contributed by atoms with Gasteiger partial charge in [0.25, 0.3) is 10.0 Å². The van der Waals surface area contributed by atoms with Gasteiger partial charge in [-0.25, -0.2) is 13.1 Å². The number of fused-ring (bicyclic) bond motifs is 1. The Balaban J connectivity index is 1.89. The first-order chi connectivity index (χ1) is 10.1. The van der Waals surface area contributed by atoms with Crippen LogP contribution in [0.1, 0.15) is 5.56 Å². The molecular weight excluding hydrogens is 370 g/mol. The molecule has 21 heavy (non-hydrogen) atoms. The van der Waals surface area contributed by atoms with E-state index in [4.69, 9.17) is 0 Å². The van der Waals surface area contributed by atoms with Gasteiger partial charge in [-0.15, -0.1) is 11.3 Å². The normalized spacial score (nSPS) is 11.9. The molecule has 3 nitrogen and oxygen atoms in total. The van der Waals surface area contributed by atoms with Crippen molar-refractivity contribution in [3.63, 3.8) is 0 Å². The molecule has 1 N–H and O–H groups in total. The minimum Gasteiger partial charge on any atom is -0.206 e. The van der Waals surface area contributed by atoms with Crippen LogP contribution in [0.15, 0.2) is 62.6 Å². The van der Waals surface area contributed by atoms with Crippen molar-refractivity contribution < 1.29 is 8.42 Å². The summed E-state index contributed by atoms with van der Waals surface area (Å²) in [7, 11) is -3.49. The van der Waals surface area contributed by atoms with Gasteiger partial charge in [0.1, 0.15) is 4.21 Å². The molecule has 0 bridgehead atoms. The maximum Gasteiger partial charge on any atom is 0.251 e. The molecule has 6 heteroatoms. The third kappa shape index (κ3) is 3.03. The van der Waals surface area contributed by atoms with Gasteiger partial charge < -0.3 is 0 Å². The molecule has 3 rings (SSSR count). The van der Waals surface area contributed by atoms with E-state index >= 15 is 0 Å². The second kappa shape index (κ2) is 5.88. The molecule has 108 valence electrons. The van der Waals surface area contributed by atoms with Crippen molar-refractivity contribution in [3.8, 4) is 0 Å². The highest BCUT2D eigenvalue weighted by molar-refractivity contribution is 9.10. The number of rotatable bonds is 4. The second-order valence-corrected chi connectivity index (χ2v) is 8.25. The van der Waals surface area contributed by atoms with Crippen LogP contribution in [-0.2, 0) is 16.6 Å². The number of benzene rings is 2. The van der Waals surface area contributed by atoms with E-state index in [1.807, 2.05) is 42.5 Å². The quantitative estimate of drug-likeness (QED) is 0.737. The summed E-state index contributed by atoms with van der Waals surface area (Å²) in [5.74, 6) is 0. The molecule has 3 aromatic rings. The molecule has 0 amide bonds. The Bertz CT molecular complexity index is 882. The molecule has 0 unspecified atom stereocenters. The van der Waals surface area contributed by atoms with Crippen molar-refractivity contribution in [2.75, 3.05) is 0 Å². The number of sulfonamides is 1. The van der Waals surface area contributed by atoms with Gasteiger partial charge in [0.05, 0.1) is 0 Å². The molecule has 0 saturated carbocycles. The van der Waals surface area contributed by atoms with Crippen LogP contribution in [-0.4, -0.2) is 8.42 Å². The fourth-order valence-electron chi connectivity index (χ4n) is 2.16. The Morgan fingerprint density at radius 3 is 2.57 bits per heavy atom. The summed E-state index contributed by atoms with van der Waals surface area (Å²) in [6.07, 6.45) is 0. The monoisotopic (exact) mass is 381 g/mol. The lowest BCUT2D eigenvalue weighted by atomic mass is 10.1. The number of hydrogen-bond donors (Lipinski definition) is 1. The lowest BCUT2D eigenvalue weighted by Gasteiger charge is -2.08. The minimum absolute atomic E-state index is 0.272. The Labute approximate surface area is 135 Å². The molecule has 0 saturated heterocycles. The fraction of sp³-hybridized carbons (Fsp3) is 0.0667. The number of halogens is 1. The third-order valence-corrected chi connectivity index (χ3v) is 7.23. The molecule has 0 aliphatic rings. The van der Waals surface area contributed by atoms with Gasteiger partial charge in [-0.3, -0.25) is 0 Å². The topological polar surface area (TPSA) is 46.2 Å². The van der Waals surface area contributed by atoms with Crippen LogP contribution in [0, 0.1) is 0 Å². The fourth-order valence-corrected chi connectivity index (χ4v) is 5.54. The number of thiophene rings is 1. The van der Waals surface area contributed by atoms with Crippen LogP contribution >= 0.6 is 27.3 Å². The maximum absolute atomic E-state index is 12.3. The van der Waals surface area contributed by atoms with Gasteiger partial charge in [0, 0.05) is 11.0 Å². The lowest BCUT2D eigenvalue weighted by molar-refractivity contribution is 0.583. The van der Waals surface area contributed by atoms with Crippen LogP contribution in [0.2, 0.25) is 0 Å². The summed E-state index contributed by atoms with van der Waals surface area (Å²) < 4.78 is 28.2. The predicted molar refractivity (Wildman–Crippen MR) is 90.0 cm³/mol.